The molecular formula is C15H21N5O2. The molecule has 0 aliphatic heterocycles. The lowest BCUT2D eigenvalue weighted by Gasteiger charge is -2.29. The van der Waals surface area contributed by atoms with E-state index >= 15 is 0 Å². The van der Waals surface area contributed by atoms with E-state index in [-0.39, 0.29) is 18.7 Å². The maximum atomic E-state index is 12.5. The number of aryl methyl sites for hydroxylation is 1. The molecule has 1 heterocycles. The van der Waals surface area contributed by atoms with Crippen molar-refractivity contribution in [3.63, 3.8) is 0 Å². The second-order valence-corrected chi connectivity index (χ2v) is 5.11. The van der Waals surface area contributed by atoms with E-state index in [2.05, 4.69) is 15.4 Å². The van der Waals surface area contributed by atoms with E-state index in [0.29, 0.717) is 18.9 Å². The summed E-state index contributed by atoms with van der Waals surface area (Å²) in [4.78, 5) is 18.2. The van der Waals surface area contributed by atoms with Crippen LogP contribution < -0.4 is 5.32 Å². The number of hydrogen-bond donors (Lipinski definition) is 2. The number of amides is 2. The van der Waals surface area contributed by atoms with Crippen molar-refractivity contribution in [1.82, 2.24) is 19.7 Å². The van der Waals surface area contributed by atoms with E-state index in [1.807, 2.05) is 37.3 Å². The van der Waals surface area contributed by atoms with Crippen molar-refractivity contribution in [2.24, 2.45) is 7.05 Å². The zero-order valence-electron chi connectivity index (χ0n) is 12.8. The molecule has 1 aromatic carbocycles. The minimum atomic E-state index is -0.263. The number of benzene rings is 1. The number of rotatable bonds is 6. The number of nitrogens with zero attached hydrogens (tertiary/aromatic N) is 4. The van der Waals surface area contributed by atoms with Gasteiger partial charge in [0.1, 0.15) is 6.33 Å². The van der Waals surface area contributed by atoms with Crippen molar-refractivity contribution in [3.8, 4) is 0 Å². The summed E-state index contributed by atoms with van der Waals surface area (Å²) < 4.78 is 1.50. The average molecular weight is 303 g/mol. The molecule has 1 unspecified atom stereocenters. The Morgan fingerprint density at radius 3 is 2.73 bits per heavy atom. The van der Waals surface area contributed by atoms with Gasteiger partial charge in [0.05, 0.1) is 0 Å². The van der Waals surface area contributed by atoms with Crippen molar-refractivity contribution in [1.29, 1.82) is 0 Å². The van der Waals surface area contributed by atoms with Crippen LogP contribution >= 0.6 is 0 Å². The second-order valence-electron chi connectivity index (χ2n) is 5.11. The van der Waals surface area contributed by atoms with Crippen LogP contribution in [0.2, 0.25) is 0 Å². The zero-order chi connectivity index (χ0) is 15.9. The quantitative estimate of drug-likeness (QED) is 0.849. The van der Waals surface area contributed by atoms with Gasteiger partial charge in [0.15, 0.2) is 0 Å². The third kappa shape index (κ3) is 4.05. The van der Waals surface area contributed by atoms with Crippen LogP contribution in [0.1, 0.15) is 18.9 Å². The molecule has 2 amide bonds. The molecule has 1 atom stereocenters. The number of aliphatic hydroxyl groups is 1. The van der Waals surface area contributed by atoms with Gasteiger partial charge in [-0.15, -0.1) is 0 Å². The lowest BCUT2D eigenvalue weighted by Crippen LogP contribution is -2.41. The van der Waals surface area contributed by atoms with Crippen molar-refractivity contribution in [2.75, 3.05) is 11.9 Å². The van der Waals surface area contributed by atoms with Gasteiger partial charge in [-0.3, -0.25) is 5.32 Å². The van der Waals surface area contributed by atoms with Crippen LogP contribution in [0.25, 0.3) is 0 Å². The van der Waals surface area contributed by atoms with E-state index in [9.17, 15) is 4.79 Å². The Bertz CT molecular complexity index is 599. The highest BCUT2D eigenvalue weighted by Crippen LogP contribution is 2.13. The molecule has 0 aliphatic carbocycles. The summed E-state index contributed by atoms with van der Waals surface area (Å²) in [5.41, 5.74) is 1.03. The number of hydrogen-bond acceptors (Lipinski definition) is 4. The van der Waals surface area contributed by atoms with Gasteiger partial charge >= 0.3 is 6.03 Å². The standard InChI is InChI=1S/C15H21N5O2/c1-12(8-9-21)20(10-13-6-4-3-5-7-13)15(22)18-14-16-11-17-19(14)2/h3-7,11-12,21H,8-10H2,1-2H3,(H,16,17,18,22). The molecule has 0 spiro atoms. The van der Waals surface area contributed by atoms with Gasteiger partial charge in [-0.05, 0) is 18.9 Å². The molecule has 2 rings (SSSR count). The molecule has 7 nitrogen and oxygen atoms in total. The first-order valence-corrected chi connectivity index (χ1v) is 7.18. The Labute approximate surface area is 129 Å². The molecule has 1 aromatic heterocycles. The highest BCUT2D eigenvalue weighted by molar-refractivity contribution is 5.87. The summed E-state index contributed by atoms with van der Waals surface area (Å²) in [6.45, 7) is 2.41. The SMILES string of the molecule is CC(CCO)N(Cc1ccccc1)C(=O)Nc1ncnn1C. The highest BCUT2D eigenvalue weighted by atomic mass is 16.3. The summed E-state index contributed by atoms with van der Waals surface area (Å²) >= 11 is 0. The molecule has 0 radical (unpaired) electrons. The maximum absolute atomic E-state index is 12.5. The number of urea groups is 1. The largest absolute Gasteiger partial charge is 0.396 e. The number of nitrogens with one attached hydrogen (secondary N) is 1. The summed E-state index contributed by atoms with van der Waals surface area (Å²) in [6.07, 6.45) is 1.90. The topological polar surface area (TPSA) is 83.3 Å². The molecule has 2 aromatic rings. The predicted octanol–water partition coefficient (Wildman–Crippen LogP) is 1.62. The van der Waals surface area contributed by atoms with Crippen molar-refractivity contribution >= 4 is 12.0 Å². The Kier molecular flexibility index (Phi) is 5.48. The van der Waals surface area contributed by atoms with Gasteiger partial charge in [-0.25, -0.2) is 9.48 Å². The van der Waals surface area contributed by atoms with Gasteiger partial charge < -0.3 is 10.0 Å². The van der Waals surface area contributed by atoms with Gasteiger partial charge in [0.25, 0.3) is 0 Å². The van der Waals surface area contributed by atoms with Gasteiger partial charge in [0.2, 0.25) is 5.95 Å². The van der Waals surface area contributed by atoms with E-state index < -0.39 is 0 Å². The molecule has 0 aliphatic rings. The van der Waals surface area contributed by atoms with Gasteiger partial charge in [-0.2, -0.15) is 10.1 Å². The first kappa shape index (κ1) is 16.0. The summed E-state index contributed by atoms with van der Waals surface area (Å²) in [5.74, 6) is 0.388. The molecule has 22 heavy (non-hydrogen) atoms. The number of aromatic nitrogens is 3. The first-order valence-electron chi connectivity index (χ1n) is 7.18. The summed E-state index contributed by atoms with van der Waals surface area (Å²) in [6, 6.07) is 9.38. The fourth-order valence-corrected chi connectivity index (χ4v) is 2.13. The molecule has 2 N–H and O–H groups in total. The van der Waals surface area contributed by atoms with Crippen LogP contribution in [0.15, 0.2) is 36.7 Å². The molecule has 0 bridgehead atoms. The van der Waals surface area contributed by atoms with Crippen LogP contribution in [0, 0.1) is 0 Å². The number of carbonyl (C=O) groups is 1. The second kappa shape index (κ2) is 7.56. The van der Waals surface area contributed by atoms with E-state index in [0.717, 1.165) is 5.56 Å². The van der Waals surface area contributed by atoms with Crippen LogP contribution in [0.5, 0.6) is 0 Å². The molecule has 7 heteroatoms. The van der Waals surface area contributed by atoms with Crippen molar-refractivity contribution < 1.29 is 9.90 Å². The molecular weight excluding hydrogens is 282 g/mol. The van der Waals surface area contributed by atoms with E-state index in [1.54, 1.807) is 11.9 Å². The van der Waals surface area contributed by atoms with Crippen molar-refractivity contribution in [3.05, 3.63) is 42.2 Å². The van der Waals surface area contributed by atoms with Gasteiger partial charge in [0, 0.05) is 26.2 Å². The Morgan fingerprint density at radius 2 is 2.14 bits per heavy atom. The Hall–Kier alpha value is -2.41. The number of carbonyl (C=O) groups excluding carboxylic acids is 1. The fraction of sp³-hybridized carbons (Fsp3) is 0.400. The Balaban J connectivity index is 2.12. The van der Waals surface area contributed by atoms with Crippen molar-refractivity contribution in [2.45, 2.75) is 25.9 Å². The monoisotopic (exact) mass is 303 g/mol. The molecule has 0 saturated carbocycles. The van der Waals surface area contributed by atoms with Gasteiger partial charge in [-0.1, -0.05) is 30.3 Å². The third-order valence-corrected chi connectivity index (χ3v) is 3.47. The average Bonchev–Trinajstić information content (AvgIpc) is 2.91. The Morgan fingerprint density at radius 1 is 1.41 bits per heavy atom. The first-order chi connectivity index (χ1) is 10.6. The van der Waals surface area contributed by atoms with Crippen LogP contribution in [0.3, 0.4) is 0 Å². The summed E-state index contributed by atoms with van der Waals surface area (Å²) in [5, 5.41) is 15.8. The predicted molar refractivity (Wildman–Crippen MR) is 83.2 cm³/mol. The minimum absolute atomic E-state index is 0.0314. The fourth-order valence-electron chi connectivity index (χ4n) is 2.13. The maximum Gasteiger partial charge on any atom is 0.324 e. The zero-order valence-corrected chi connectivity index (χ0v) is 12.8. The number of anilines is 1. The third-order valence-electron chi connectivity index (χ3n) is 3.47. The lowest BCUT2D eigenvalue weighted by atomic mass is 10.1. The smallest absolute Gasteiger partial charge is 0.324 e. The lowest BCUT2D eigenvalue weighted by molar-refractivity contribution is 0.169. The van der Waals surface area contributed by atoms with Crippen LogP contribution in [0.4, 0.5) is 10.7 Å². The van der Waals surface area contributed by atoms with E-state index in [4.69, 9.17) is 5.11 Å². The van der Waals surface area contributed by atoms with Crippen LogP contribution in [-0.2, 0) is 13.6 Å². The van der Waals surface area contributed by atoms with E-state index in [1.165, 1.54) is 11.0 Å². The molecule has 118 valence electrons. The van der Waals surface area contributed by atoms with Crippen LogP contribution in [-0.4, -0.2) is 43.5 Å². The molecule has 0 fully saturated rings. The highest BCUT2D eigenvalue weighted by Gasteiger charge is 2.21. The molecule has 0 saturated heterocycles. The normalized spacial score (nSPS) is 12.0. The number of aliphatic hydroxyl groups excluding tert-OH is 1. The summed E-state index contributed by atoms with van der Waals surface area (Å²) in [7, 11) is 1.71. The minimum Gasteiger partial charge on any atom is -0.396 e.